The molecule has 0 bridgehead atoms. The van der Waals surface area contributed by atoms with Gasteiger partial charge < -0.3 is 9.80 Å². The third kappa shape index (κ3) is 6.28. The first-order valence-corrected chi connectivity index (χ1v) is 13.0. The lowest BCUT2D eigenvalue weighted by molar-refractivity contribution is 0.809. The molecule has 3 heteroatoms. The Kier molecular flexibility index (Phi) is 9.75. The summed E-state index contributed by atoms with van der Waals surface area (Å²) in [6.07, 6.45) is 11.1. The van der Waals surface area contributed by atoms with Crippen LogP contribution in [0.2, 0.25) is 0 Å². The smallest absolute Gasteiger partial charge is 0.0574 e. The second-order valence-electron chi connectivity index (χ2n) is 8.60. The molecule has 0 aliphatic heterocycles. The maximum absolute atomic E-state index is 4.72. The Morgan fingerprint density at radius 1 is 0.618 bits per heavy atom. The van der Waals surface area contributed by atoms with Gasteiger partial charge in [0.2, 0.25) is 0 Å². The third-order valence-electron chi connectivity index (χ3n) is 6.53. The SMILES string of the molecule is CCCCN=C1C=CC(=C(c2ccc(N(CC)CC)cc2)c2ccc(N(CC)CC)cc2)C=C1. The van der Waals surface area contributed by atoms with Gasteiger partial charge in [0.15, 0.2) is 0 Å². The van der Waals surface area contributed by atoms with E-state index in [1.165, 1.54) is 40.1 Å². The molecular weight excluding hydrogens is 414 g/mol. The monoisotopic (exact) mass is 455 g/mol. The molecule has 0 saturated carbocycles. The predicted octanol–water partition coefficient (Wildman–Crippen LogP) is 7.55. The highest BCUT2D eigenvalue weighted by Crippen LogP contribution is 2.32. The number of allylic oxidation sites excluding steroid dienone is 5. The van der Waals surface area contributed by atoms with Crippen LogP contribution < -0.4 is 9.80 Å². The molecule has 180 valence electrons. The van der Waals surface area contributed by atoms with Gasteiger partial charge in [-0.1, -0.05) is 49.8 Å². The van der Waals surface area contributed by atoms with Crippen molar-refractivity contribution in [1.29, 1.82) is 0 Å². The summed E-state index contributed by atoms with van der Waals surface area (Å²) in [4.78, 5) is 9.49. The minimum Gasteiger partial charge on any atom is -0.372 e. The Hall–Kier alpha value is -3.07. The maximum Gasteiger partial charge on any atom is 0.0574 e. The van der Waals surface area contributed by atoms with E-state index >= 15 is 0 Å². The number of hydrogen-bond acceptors (Lipinski definition) is 3. The van der Waals surface area contributed by atoms with Crippen molar-refractivity contribution in [1.82, 2.24) is 0 Å². The van der Waals surface area contributed by atoms with Crippen molar-refractivity contribution >= 4 is 22.7 Å². The van der Waals surface area contributed by atoms with Crippen molar-refractivity contribution < 1.29 is 0 Å². The number of rotatable bonds is 11. The fourth-order valence-corrected chi connectivity index (χ4v) is 4.46. The van der Waals surface area contributed by atoms with Crippen LogP contribution in [0.1, 0.15) is 58.6 Å². The molecular formula is C31H41N3. The molecule has 0 spiro atoms. The van der Waals surface area contributed by atoms with Crippen LogP contribution in [0.5, 0.6) is 0 Å². The van der Waals surface area contributed by atoms with Gasteiger partial charge in [-0.05, 0) is 92.8 Å². The van der Waals surface area contributed by atoms with E-state index in [1.807, 2.05) is 0 Å². The average Bonchev–Trinajstić information content (AvgIpc) is 2.88. The fourth-order valence-electron chi connectivity index (χ4n) is 4.46. The van der Waals surface area contributed by atoms with Gasteiger partial charge in [-0.3, -0.25) is 4.99 Å². The number of aliphatic imine (C=N–C) groups is 1. The molecule has 3 nitrogen and oxygen atoms in total. The van der Waals surface area contributed by atoms with Gasteiger partial charge in [0.05, 0.1) is 5.71 Å². The summed E-state index contributed by atoms with van der Waals surface area (Å²) in [7, 11) is 0. The molecule has 0 saturated heterocycles. The summed E-state index contributed by atoms with van der Waals surface area (Å²) in [6, 6.07) is 18.1. The Morgan fingerprint density at radius 2 is 1.06 bits per heavy atom. The van der Waals surface area contributed by atoms with E-state index in [-0.39, 0.29) is 0 Å². The molecule has 1 aliphatic carbocycles. The maximum atomic E-state index is 4.72. The molecule has 0 amide bonds. The van der Waals surface area contributed by atoms with Crippen LogP contribution in [0.15, 0.2) is 83.4 Å². The first kappa shape index (κ1) is 25.6. The predicted molar refractivity (Wildman–Crippen MR) is 152 cm³/mol. The highest BCUT2D eigenvalue weighted by atomic mass is 15.1. The van der Waals surface area contributed by atoms with Gasteiger partial charge in [0.1, 0.15) is 0 Å². The molecule has 2 aromatic carbocycles. The zero-order chi connectivity index (χ0) is 24.3. The second-order valence-corrected chi connectivity index (χ2v) is 8.60. The van der Waals surface area contributed by atoms with Crippen molar-refractivity contribution in [3.05, 3.63) is 89.5 Å². The van der Waals surface area contributed by atoms with Gasteiger partial charge >= 0.3 is 0 Å². The third-order valence-corrected chi connectivity index (χ3v) is 6.53. The molecule has 1 aliphatic rings. The van der Waals surface area contributed by atoms with Crippen molar-refractivity contribution in [2.45, 2.75) is 47.5 Å². The van der Waals surface area contributed by atoms with Crippen LogP contribution in [0.3, 0.4) is 0 Å². The molecule has 0 aromatic heterocycles. The Morgan fingerprint density at radius 3 is 1.44 bits per heavy atom. The molecule has 0 heterocycles. The number of benzene rings is 2. The molecule has 34 heavy (non-hydrogen) atoms. The van der Waals surface area contributed by atoms with Crippen LogP contribution in [0, 0.1) is 0 Å². The number of hydrogen-bond donors (Lipinski definition) is 0. The quantitative estimate of drug-likeness (QED) is 0.326. The van der Waals surface area contributed by atoms with Crippen molar-refractivity contribution in [3.8, 4) is 0 Å². The number of unbranched alkanes of at least 4 members (excludes halogenated alkanes) is 1. The van der Waals surface area contributed by atoms with Gasteiger partial charge in [0, 0.05) is 44.1 Å². The lowest BCUT2D eigenvalue weighted by Crippen LogP contribution is -2.21. The summed E-state index contributed by atoms with van der Waals surface area (Å²) in [5.41, 5.74) is 8.57. The van der Waals surface area contributed by atoms with Gasteiger partial charge in [-0.15, -0.1) is 0 Å². The topological polar surface area (TPSA) is 18.8 Å². The van der Waals surface area contributed by atoms with Crippen LogP contribution >= 0.6 is 0 Å². The highest BCUT2D eigenvalue weighted by Gasteiger charge is 2.13. The van der Waals surface area contributed by atoms with E-state index in [1.54, 1.807) is 0 Å². The van der Waals surface area contributed by atoms with E-state index in [9.17, 15) is 0 Å². The standard InChI is InChI=1S/C31H41N3/c1-6-11-24-32-28-18-12-25(13-19-28)31(26-14-20-29(21-15-26)33(7-2)8-3)27-16-22-30(23-17-27)34(9-4)10-5/h12-23H,6-11,24H2,1-5H3. The van der Waals surface area contributed by atoms with Crippen LogP contribution in [-0.4, -0.2) is 38.4 Å². The van der Waals surface area contributed by atoms with Crippen molar-refractivity contribution in [2.24, 2.45) is 4.99 Å². The number of anilines is 2. The van der Waals surface area contributed by atoms with Gasteiger partial charge in [-0.25, -0.2) is 0 Å². The minimum absolute atomic E-state index is 0.895. The van der Waals surface area contributed by atoms with Crippen LogP contribution in [0.25, 0.3) is 5.57 Å². The highest BCUT2D eigenvalue weighted by molar-refractivity contribution is 6.07. The van der Waals surface area contributed by atoms with E-state index in [0.717, 1.165) is 44.9 Å². The largest absolute Gasteiger partial charge is 0.372 e. The minimum atomic E-state index is 0.895. The van der Waals surface area contributed by atoms with Gasteiger partial charge in [0.25, 0.3) is 0 Å². The van der Waals surface area contributed by atoms with Crippen molar-refractivity contribution in [2.75, 3.05) is 42.5 Å². The second kappa shape index (κ2) is 13.0. The first-order chi connectivity index (χ1) is 16.6. The van der Waals surface area contributed by atoms with E-state index < -0.39 is 0 Å². The summed E-state index contributed by atoms with van der Waals surface area (Å²) in [5, 5.41) is 0. The molecule has 0 atom stereocenters. The molecule has 0 fully saturated rings. The van der Waals surface area contributed by atoms with E-state index in [0.29, 0.717) is 0 Å². The van der Waals surface area contributed by atoms with E-state index in [4.69, 9.17) is 4.99 Å². The van der Waals surface area contributed by atoms with Gasteiger partial charge in [-0.2, -0.15) is 0 Å². The zero-order valence-electron chi connectivity index (χ0n) is 21.7. The van der Waals surface area contributed by atoms with Crippen molar-refractivity contribution in [3.63, 3.8) is 0 Å². The molecule has 3 rings (SSSR count). The molecule has 0 radical (unpaired) electrons. The molecule has 2 aromatic rings. The Labute approximate surface area is 207 Å². The Bertz CT molecular complexity index is 940. The molecule has 0 N–H and O–H groups in total. The lowest BCUT2D eigenvalue weighted by atomic mass is 9.90. The summed E-state index contributed by atoms with van der Waals surface area (Å²) < 4.78 is 0. The first-order valence-electron chi connectivity index (χ1n) is 13.0. The average molecular weight is 456 g/mol. The Balaban J connectivity index is 2.01. The summed E-state index contributed by atoms with van der Waals surface area (Å²) in [6.45, 7) is 16.0. The van der Waals surface area contributed by atoms with E-state index in [2.05, 4.69) is 117 Å². The summed E-state index contributed by atoms with van der Waals surface area (Å²) >= 11 is 0. The fraction of sp³-hybridized carbons (Fsp3) is 0.387. The summed E-state index contributed by atoms with van der Waals surface area (Å²) in [5.74, 6) is 0. The lowest BCUT2D eigenvalue weighted by Gasteiger charge is -2.23. The molecule has 0 unspecified atom stereocenters. The van der Waals surface area contributed by atoms with Crippen LogP contribution in [-0.2, 0) is 0 Å². The zero-order valence-corrected chi connectivity index (χ0v) is 21.7. The van der Waals surface area contributed by atoms with Crippen LogP contribution in [0.4, 0.5) is 11.4 Å². The normalized spacial score (nSPS) is 12.7. The number of nitrogens with zero attached hydrogens (tertiary/aromatic N) is 3.